The molecule has 0 aromatic carbocycles. The predicted octanol–water partition coefficient (Wildman–Crippen LogP) is 2.50. The van der Waals surface area contributed by atoms with E-state index in [4.69, 9.17) is 11.2 Å². The molecule has 0 radical (unpaired) electrons. The van der Waals surface area contributed by atoms with Crippen LogP contribution in [-0.4, -0.2) is 23.7 Å². The van der Waals surface area contributed by atoms with Crippen molar-refractivity contribution < 1.29 is 9.53 Å². The van der Waals surface area contributed by atoms with Crippen molar-refractivity contribution in [2.75, 3.05) is 6.61 Å². The van der Waals surface area contributed by atoms with E-state index in [1.807, 2.05) is 27.7 Å². The van der Waals surface area contributed by atoms with Gasteiger partial charge in [-0.2, -0.15) is 0 Å². The van der Waals surface area contributed by atoms with Crippen molar-refractivity contribution in [3.63, 3.8) is 0 Å². The predicted molar refractivity (Wildman–Crippen MR) is 70.6 cm³/mol. The number of carbonyl (C=O) groups is 1. The van der Waals surface area contributed by atoms with Crippen LogP contribution in [0, 0.1) is 12.3 Å². The number of rotatable bonds is 7. The first-order chi connectivity index (χ1) is 7.68. The van der Waals surface area contributed by atoms with Crippen molar-refractivity contribution in [1.82, 2.24) is 5.32 Å². The molecule has 0 aromatic heterocycles. The molecule has 17 heavy (non-hydrogen) atoms. The molecule has 98 valence electrons. The Morgan fingerprint density at radius 2 is 1.88 bits per heavy atom. The molecule has 1 amide bonds. The zero-order valence-electron chi connectivity index (χ0n) is 11.7. The summed E-state index contributed by atoms with van der Waals surface area (Å²) in [6.45, 7) is 10.2. The zero-order valence-corrected chi connectivity index (χ0v) is 11.7. The summed E-state index contributed by atoms with van der Waals surface area (Å²) in [6.07, 6.45) is 7.59. The number of ether oxygens (including phenoxy) is 1. The Hall–Kier alpha value is -1.01. The van der Waals surface area contributed by atoms with Crippen molar-refractivity contribution >= 4 is 5.91 Å². The average molecular weight is 239 g/mol. The maximum atomic E-state index is 11.0. The summed E-state index contributed by atoms with van der Waals surface area (Å²) in [5.74, 6) is 2.61. The Balaban J connectivity index is 3.97. The lowest BCUT2D eigenvalue weighted by atomic mass is 10.00. The van der Waals surface area contributed by atoms with Gasteiger partial charge in [0.25, 0.3) is 0 Å². The SMILES string of the molecule is C#CCCC(C)(C)OCCC(C)(C)NC(C)=O. The van der Waals surface area contributed by atoms with Crippen LogP contribution in [0.2, 0.25) is 0 Å². The molecular weight excluding hydrogens is 214 g/mol. The molecule has 0 bridgehead atoms. The van der Waals surface area contributed by atoms with Crippen LogP contribution in [-0.2, 0) is 9.53 Å². The lowest BCUT2D eigenvalue weighted by Crippen LogP contribution is -2.43. The molecular formula is C14H25NO2. The highest BCUT2D eigenvalue weighted by Crippen LogP contribution is 2.18. The molecule has 3 heteroatoms. The normalized spacial score (nSPS) is 12.0. The topological polar surface area (TPSA) is 38.3 Å². The summed E-state index contributed by atoms with van der Waals surface area (Å²) < 4.78 is 5.80. The van der Waals surface area contributed by atoms with Gasteiger partial charge in [0.2, 0.25) is 5.91 Å². The molecule has 0 atom stereocenters. The first kappa shape index (κ1) is 16.0. The third kappa shape index (κ3) is 8.76. The van der Waals surface area contributed by atoms with Gasteiger partial charge in [-0.25, -0.2) is 0 Å². The van der Waals surface area contributed by atoms with Gasteiger partial charge in [-0.05, 0) is 40.5 Å². The number of hydrogen-bond acceptors (Lipinski definition) is 2. The summed E-state index contributed by atoms with van der Waals surface area (Å²) >= 11 is 0. The van der Waals surface area contributed by atoms with Crippen LogP contribution in [0.15, 0.2) is 0 Å². The summed E-state index contributed by atoms with van der Waals surface area (Å²) in [6, 6.07) is 0. The van der Waals surface area contributed by atoms with E-state index in [9.17, 15) is 4.79 Å². The van der Waals surface area contributed by atoms with Gasteiger partial charge in [0.05, 0.1) is 5.60 Å². The van der Waals surface area contributed by atoms with E-state index < -0.39 is 0 Å². The van der Waals surface area contributed by atoms with E-state index in [-0.39, 0.29) is 17.0 Å². The Morgan fingerprint density at radius 3 is 2.35 bits per heavy atom. The Morgan fingerprint density at radius 1 is 1.29 bits per heavy atom. The first-order valence-electron chi connectivity index (χ1n) is 6.05. The lowest BCUT2D eigenvalue weighted by molar-refractivity contribution is -0.120. The highest BCUT2D eigenvalue weighted by atomic mass is 16.5. The molecule has 0 aliphatic rings. The van der Waals surface area contributed by atoms with E-state index in [2.05, 4.69) is 11.2 Å². The van der Waals surface area contributed by atoms with Crippen LogP contribution >= 0.6 is 0 Å². The minimum Gasteiger partial charge on any atom is -0.375 e. The van der Waals surface area contributed by atoms with Crippen molar-refractivity contribution in [3.05, 3.63) is 0 Å². The van der Waals surface area contributed by atoms with Crippen LogP contribution in [0.4, 0.5) is 0 Å². The van der Waals surface area contributed by atoms with Gasteiger partial charge in [0, 0.05) is 25.5 Å². The smallest absolute Gasteiger partial charge is 0.217 e. The summed E-state index contributed by atoms with van der Waals surface area (Å²) in [5, 5.41) is 2.90. The fourth-order valence-corrected chi connectivity index (χ4v) is 1.57. The number of terminal acetylenes is 1. The minimum absolute atomic E-state index is 0.0124. The quantitative estimate of drug-likeness (QED) is 0.693. The van der Waals surface area contributed by atoms with Crippen molar-refractivity contribution in [2.45, 2.75) is 65.0 Å². The van der Waals surface area contributed by atoms with E-state index in [0.717, 1.165) is 19.3 Å². The van der Waals surface area contributed by atoms with E-state index >= 15 is 0 Å². The van der Waals surface area contributed by atoms with Crippen LogP contribution < -0.4 is 5.32 Å². The van der Waals surface area contributed by atoms with Gasteiger partial charge < -0.3 is 10.1 Å². The fraction of sp³-hybridized carbons (Fsp3) is 0.786. The average Bonchev–Trinajstić information content (AvgIpc) is 2.11. The zero-order chi connectivity index (χ0) is 13.5. The second-order valence-corrected chi connectivity index (χ2v) is 5.63. The van der Waals surface area contributed by atoms with Crippen LogP contribution in [0.5, 0.6) is 0 Å². The van der Waals surface area contributed by atoms with Gasteiger partial charge >= 0.3 is 0 Å². The van der Waals surface area contributed by atoms with Crippen LogP contribution in [0.1, 0.15) is 53.9 Å². The summed E-state index contributed by atoms with van der Waals surface area (Å²) in [7, 11) is 0. The first-order valence-corrected chi connectivity index (χ1v) is 6.05. The third-order valence-electron chi connectivity index (χ3n) is 2.61. The molecule has 0 spiro atoms. The summed E-state index contributed by atoms with van der Waals surface area (Å²) in [4.78, 5) is 11.0. The number of nitrogens with one attached hydrogen (secondary N) is 1. The van der Waals surface area contributed by atoms with Gasteiger partial charge in [-0.15, -0.1) is 12.3 Å². The molecule has 1 N–H and O–H groups in total. The number of hydrogen-bond donors (Lipinski definition) is 1. The van der Waals surface area contributed by atoms with Crippen molar-refractivity contribution in [1.29, 1.82) is 0 Å². The van der Waals surface area contributed by atoms with Crippen molar-refractivity contribution in [3.8, 4) is 12.3 Å². The molecule has 0 saturated carbocycles. The second-order valence-electron chi connectivity index (χ2n) is 5.63. The van der Waals surface area contributed by atoms with Crippen LogP contribution in [0.25, 0.3) is 0 Å². The number of amides is 1. The molecule has 0 fully saturated rings. The molecule has 3 nitrogen and oxygen atoms in total. The Bertz CT molecular complexity index is 287. The second kappa shape index (κ2) is 6.66. The molecule has 0 aliphatic heterocycles. The van der Waals surface area contributed by atoms with Gasteiger partial charge in [0.15, 0.2) is 0 Å². The molecule has 0 aliphatic carbocycles. The molecule has 0 heterocycles. The molecule has 0 aromatic rings. The van der Waals surface area contributed by atoms with Crippen molar-refractivity contribution in [2.24, 2.45) is 0 Å². The van der Waals surface area contributed by atoms with Crippen LogP contribution in [0.3, 0.4) is 0 Å². The van der Waals surface area contributed by atoms with E-state index in [1.54, 1.807) is 0 Å². The molecule has 0 unspecified atom stereocenters. The van der Waals surface area contributed by atoms with Gasteiger partial charge in [-0.3, -0.25) is 4.79 Å². The lowest BCUT2D eigenvalue weighted by Gasteiger charge is -2.29. The Kier molecular flexibility index (Phi) is 6.26. The van der Waals surface area contributed by atoms with Gasteiger partial charge in [-0.1, -0.05) is 0 Å². The maximum absolute atomic E-state index is 11.0. The molecule has 0 saturated heterocycles. The molecule has 0 rings (SSSR count). The highest BCUT2D eigenvalue weighted by Gasteiger charge is 2.22. The van der Waals surface area contributed by atoms with E-state index in [0.29, 0.717) is 6.61 Å². The largest absolute Gasteiger partial charge is 0.375 e. The highest BCUT2D eigenvalue weighted by molar-refractivity contribution is 5.73. The minimum atomic E-state index is -0.228. The summed E-state index contributed by atoms with van der Waals surface area (Å²) in [5.41, 5.74) is -0.424. The standard InChI is InChI=1S/C14H25NO2/c1-7-8-9-14(5,6)17-11-10-13(3,4)15-12(2)16/h1H,8-11H2,2-6H3,(H,15,16). The third-order valence-corrected chi connectivity index (χ3v) is 2.61. The Labute approximate surface area is 105 Å². The van der Waals surface area contributed by atoms with E-state index in [1.165, 1.54) is 6.92 Å². The van der Waals surface area contributed by atoms with Gasteiger partial charge in [0.1, 0.15) is 0 Å². The maximum Gasteiger partial charge on any atom is 0.217 e. The monoisotopic (exact) mass is 239 g/mol. The fourth-order valence-electron chi connectivity index (χ4n) is 1.57. The number of carbonyl (C=O) groups excluding carboxylic acids is 1.